The minimum atomic E-state index is -1.41. The van der Waals surface area contributed by atoms with Gasteiger partial charge in [-0.2, -0.15) is 4.21 Å². The predicted molar refractivity (Wildman–Crippen MR) is 30.2 cm³/mol. The van der Waals surface area contributed by atoms with Crippen LogP contribution in [-0.4, -0.2) is 25.2 Å². The molecule has 0 fully saturated rings. The van der Waals surface area contributed by atoms with Gasteiger partial charge < -0.3 is 7.74 Å². The maximum atomic E-state index is 9.92. The molecule has 6 heavy (non-hydrogen) atoms. The third kappa shape index (κ3) is 2.73. The molecule has 3 nitrogen and oxygen atoms in total. The van der Waals surface area contributed by atoms with Crippen molar-refractivity contribution < 1.29 is 12.0 Å². The lowest BCUT2D eigenvalue weighted by atomic mass is 15.8. The predicted octanol–water partition coefficient (Wildman–Crippen LogP) is -2.84. The molecule has 0 N–H and O–H groups in total. The summed E-state index contributed by atoms with van der Waals surface area (Å²) in [5, 5.41) is 0. The first kappa shape index (κ1) is 6.50. The number of hydrogen-bond donors (Lipinski definition) is 0. The Morgan fingerprint density at radius 1 is 1.33 bits per heavy atom. The smallest absolute Gasteiger partial charge is 0.281 e. The summed E-state index contributed by atoms with van der Waals surface area (Å²) in [6.45, 7) is 0. The Morgan fingerprint density at radius 2 is 1.67 bits per heavy atom. The second-order valence-corrected chi connectivity index (χ2v) is 3.61. The van der Waals surface area contributed by atoms with E-state index in [1.54, 1.807) is 0 Å². The summed E-state index contributed by atoms with van der Waals surface area (Å²) >= 11 is -1.41. The maximum Gasteiger partial charge on any atom is 0.281 e. The molecule has 0 spiro atoms. The second kappa shape index (κ2) is 3.69. The third-order valence-corrected chi connectivity index (χ3v) is 2.45. The standard InChI is InChI=1S/H6O3SSi2/c1-4(2-5)3-6/h5-6H3. The van der Waals surface area contributed by atoms with Gasteiger partial charge in [-0.15, -0.1) is 0 Å². The molecule has 0 aliphatic carbocycles. The van der Waals surface area contributed by atoms with Crippen LogP contribution in [0.4, 0.5) is 0 Å². The lowest BCUT2D eigenvalue weighted by Gasteiger charge is -1.88. The molecular weight excluding hydrogens is 136 g/mol. The van der Waals surface area contributed by atoms with E-state index >= 15 is 0 Å². The zero-order valence-corrected chi connectivity index (χ0v) is 8.45. The molecule has 0 atom stereocenters. The van der Waals surface area contributed by atoms with Crippen LogP contribution >= 0.6 is 0 Å². The highest BCUT2D eigenvalue weighted by Crippen LogP contribution is 1.74. The fourth-order valence-electron chi connectivity index (χ4n) is 0.0680. The van der Waals surface area contributed by atoms with Gasteiger partial charge in [-0.25, -0.2) is 0 Å². The van der Waals surface area contributed by atoms with E-state index in [2.05, 4.69) is 7.74 Å². The van der Waals surface area contributed by atoms with Crippen molar-refractivity contribution in [2.45, 2.75) is 0 Å². The summed E-state index contributed by atoms with van der Waals surface area (Å²) in [5.74, 6) is 0. The first-order valence-electron chi connectivity index (χ1n) is 1.32. The minimum absolute atomic E-state index is 0.480. The molecule has 0 saturated carbocycles. The van der Waals surface area contributed by atoms with Crippen LogP contribution in [0.1, 0.15) is 0 Å². The second-order valence-electron chi connectivity index (χ2n) is 0.537. The molecule has 0 saturated heterocycles. The summed E-state index contributed by atoms with van der Waals surface area (Å²) in [4.78, 5) is 0. The zero-order chi connectivity index (χ0) is 4.99. The molecule has 0 bridgehead atoms. The Hall–Kier alpha value is 0.504. The summed E-state index contributed by atoms with van der Waals surface area (Å²) in [6.07, 6.45) is 0. The normalized spacial score (nSPS) is 15.3. The van der Waals surface area contributed by atoms with Gasteiger partial charge in [0, 0.05) is 0 Å². The molecule has 0 radical (unpaired) electrons. The topological polar surface area (TPSA) is 35.5 Å². The van der Waals surface area contributed by atoms with E-state index in [0.29, 0.717) is 21.0 Å². The van der Waals surface area contributed by atoms with E-state index in [-0.39, 0.29) is 0 Å². The maximum absolute atomic E-state index is 9.92. The van der Waals surface area contributed by atoms with Crippen LogP contribution in [0, 0.1) is 0 Å². The summed E-state index contributed by atoms with van der Waals surface area (Å²) in [7, 11) is 0.959. The molecular formula is H6O3SSi2. The van der Waals surface area contributed by atoms with Crippen molar-refractivity contribution in [2.24, 2.45) is 0 Å². The van der Waals surface area contributed by atoms with Gasteiger partial charge in [-0.05, 0) is 0 Å². The van der Waals surface area contributed by atoms with Gasteiger partial charge in [0.2, 0.25) is 0 Å². The van der Waals surface area contributed by atoms with Crippen molar-refractivity contribution in [3.8, 4) is 0 Å². The average molecular weight is 142 g/mol. The molecule has 0 heterocycles. The number of rotatable bonds is 2. The minimum Gasteiger partial charge on any atom is -0.326 e. The van der Waals surface area contributed by atoms with Crippen LogP contribution < -0.4 is 0 Å². The highest BCUT2D eigenvalue weighted by Gasteiger charge is 1.83. The Morgan fingerprint density at radius 3 is 1.67 bits per heavy atom. The van der Waals surface area contributed by atoms with Gasteiger partial charge in [0.05, 0.1) is 0 Å². The van der Waals surface area contributed by atoms with E-state index in [0.717, 1.165) is 0 Å². The van der Waals surface area contributed by atoms with Crippen molar-refractivity contribution in [3.63, 3.8) is 0 Å². The molecule has 0 aliphatic rings. The van der Waals surface area contributed by atoms with Crippen LogP contribution in [0.25, 0.3) is 0 Å². The molecule has 0 aromatic heterocycles. The Labute approximate surface area is 45.0 Å². The SMILES string of the molecule is O=S(O[SiH3])O[SiH3]. The Kier molecular flexibility index (Phi) is 3.99. The van der Waals surface area contributed by atoms with Gasteiger partial charge in [-0.3, -0.25) is 0 Å². The van der Waals surface area contributed by atoms with Gasteiger partial charge in [-0.1, -0.05) is 0 Å². The Bertz CT molecular complexity index is 46.8. The third-order valence-electron chi connectivity index (χ3n) is 0.272. The van der Waals surface area contributed by atoms with Crippen LogP contribution in [0.15, 0.2) is 0 Å². The first-order valence-corrected chi connectivity index (χ1v) is 3.95. The van der Waals surface area contributed by atoms with Crippen molar-refractivity contribution >= 4 is 32.3 Å². The largest absolute Gasteiger partial charge is 0.326 e. The average Bonchev–Trinajstić information content (AvgIpc) is 1.65. The molecule has 0 amide bonds. The van der Waals surface area contributed by atoms with Crippen molar-refractivity contribution in [2.75, 3.05) is 0 Å². The molecule has 0 aliphatic heterocycles. The van der Waals surface area contributed by atoms with E-state index in [1.807, 2.05) is 0 Å². The lowest BCUT2D eigenvalue weighted by molar-refractivity contribution is 0.501. The number of hydrogen-bond acceptors (Lipinski definition) is 3. The quantitative estimate of drug-likeness (QED) is 0.390. The molecule has 0 rings (SSSR count). The van der Waals surface area contributed by atoms with Gasteiger partial charge in [0.15, 0.2) is 21.0 Å². The fraction of sp³-hybridized carbons (Fsp3) is 0. The molecule has 38 valence electrons. The van der Waals surface area contributed by atoms with Crippen LogP contribution in [0.5, 0.6) is 0 Å². The van der Waals surface area contributed by atoms with E-state index in [1.165, 1.54) is 0 Å². The molecule has 0 aromatic rings. The molecule has 0 unspecified atom stereocenters. The summed E-state index contributed by atoms with van der Waals surface area (Å²) < 4.78 is 18.6. The van der Waals surface area contributed by atoms with E-state index in [4.69, 9.17) is 0 Å². The summed E-state index contributed by atoms with van der Waals surface area (Å²) in [6, 6.07) is 0. The molecule has 6 heteroatoms. The van der Waals surface area contributed by atoms with Gasteiger partial charge >= 0.3 is 0 Å². The fourth-order valence-corrected chi connectivity index (χ4v) is 1.84. The zero-order valence-electron chi connectivity index (χ0n) is 3.63. The molecule has 0 aromatic carbocycles. The van der Waals surface area contributed by atoms with Crippen molar-refractivity contribution in [3.05, 3.63) is 0 Å². The van der Waals surface area contributed by atoms with Crippen molar-refractivity contribution in [1.29, 1.82) is 0 Å². The lowest BCUT2D eigenvalue weighted by Crippen LogP contribution is -1.94. The highest BCUT2D eigenvalue weighted by molar-refractivity contribution is 7.76. The highest BCUT2D eigenvalue weighted by atomic mass is 32.2. The first-order chi connectivity index (χ1) is 2.81. The van der Waals surface area contributed by atoms with E-state index in [9.17, 15) is 4.21 Å². The summed E-state index contributed by atoms with van der Waals surface area (Å²) in [5.41, 5.74) is 0. The van der Waals surface area contributed by atoms with Crippen LogP contribution in [-0.2, 0) is 19.1 Å². The van der Waals surface area contributed by atoms with Gasteiger partial charge in [0.1, 0.15) is 0 Å². The van der Waals surface area contributed by atoms with Gasteiger partial charge in [0.25, 0.3) is 11.4 Å². The monoisotopic (exact) mass is 142 g/mol. The van der Waals surface area contributed by atoms with E-state index < -0.39 is 11.4 Å². The van der Waals surface area contributed by atoms with Crippen LogP contribution in [0.3, 0.4) is 0 Å². The Balaban J connectivity index is 2.99. The van der Waals surface area contributed by atoms with Crippen molar-refractivity contribution in [1.82, 2.24) is 0 Å². The van der Waals surface area contributed by atoms with Crippen LogP contribution in [0.2, 0.25) is 0 Å².